The maximum Gasteiger partial charge on any atom is 0.292 e. The lowest BCUT2D eigenvalue weighted by Gasteiger charge is -2.35. The van der Waals surface area contributed by atoms with Crippen LogP contribution in [0.3, 0.4) is 0 Å². The van der Waals surface area contributed by atoms with E-state index < -0.39 is 7.44 Å². The van der Waals surface area contributed by atoms with E-state index >= 15 is 0 Å². The Balaban J connectivity index is 1.70. The van der Waals surface area contributed by atoms with E-state index in [-0.39, 0.29) is 5.41 Å². The smallest absolute Gasteiger partial charge is 0.292 e. The third kappa shape index (κ3) is 2.64. The zero-order valence-electron chi connectivity index (χ0n) is 17.4. The van der Waals surface area contributed by atoms with Crippen molar-refractivity contribution < 1.29 is 4.57 Å². The van der Waals surface area contributed by atoms with Crippen LogP contribution in [0, 0.1) is 11.3 Å². The Hall–Kier alpha value is -2.10. The maximum absolute atomic E-state index is 14.9. The first-order chi connectivity index (χ1) is 14.0. The van der Waals surface area contributed by atoms with Crippen LogP contribution in [0.1, 0.15) is 26.7 Å². The number of nitrogens with zero attached hydrogens (tertiary/aromatic N) is 4. The first-order valence-electron chi connectivity index (χ1n) is 10.5. The van der Waals surface area contributed by atoms with Gasteiger partial charge in [-0.1, -0.05) is 56.4 Å². The van der Waals surface area contributed by atoms with Gasteiger partial charge in [0.1, 0.15) is 0 Å². The number of hydrazone groups is 1. The molecule has 2 fully saturated rings. The molecule has 3 heterocycles. The molecule has 0 amide bonds. The van der Waals surface area contributed by atoms with E-state index in [4.69, 9.17) is 5.10 Å². The quantitative estimate of drug-likeness (QED) is 0.640. The van der Waals surface area contributed by atoms with E-state index in [1.54, 1.807) is 4.78 Å². The third-order valence-corrected chi connectivity index (χ3v) is 9.87. The molecule has 0 aromatic heterocycles. The van der Waals surface area contributed by atoms with Gasteiger partial charge in [0.25, 0.3) is 7.44 Å². The Kier molecular flexibility index (Phi) is 4.38. The van der Waals surface area contributed by atoms with Crippen LogP contribution in [0.4, 0.5) is 5.69 Å². The summed E-state index contributed by atoms with van der Waals surface area (Å²) >= 11 is 0. The van der Waals surface area contributed by atoms with Crippen LogP contribution in [0.5, 0.6) is 0 Å². The van der Waals surface area contributed by atoms with Crippen molar-refractivity contribution in [1.29, 1.82) is 0 Å². The number of benzene rings is 1. The second kappa shape index (κ2) is 6.72. The van der Waals surface area contributed by atoms with Crippen molar-refractivity contribution in [1.82, 2.24) is 9.57 Å². The molecule has 4 aliphatic rings. The highest BCUT2D eigenvalue weighted by Gasteiger charge is 2.54. The predicted octanol–water partition coefficient (Wildman–Crippen LogP) is 5.08. The van der Waals surface area contributed by atoms with E-state index in [1.165, 1.54) is 5.70 Å². The van der Waals surface area contributed by atoms with Crippen LogP contribution in [0.2, 0.25) is 0 Å². The summed E-state index contributed by atoms with van der Waals surface area (Å²) in [5, 5.41) is 5.64. The summed E-state index contributed by atoms with van der Waals surface area (Å²) in [6.45, 7) is 6.29. The molecule has 1 aliphatic carbocycles. The normalized spacial score (nSPS) is 35.7. The van der Waals surface area contributed by atoms with E-state index in [9.17, 15) is 4.57 Å². The zero-order chi connectivity index (χ0) is 20.2. The Bertz CT molecular complexity index is 972. The highest BCUT2D eigenvalue weighted by Crippen LogP contribution is 2.68. The van der Waals surface area contributed by atoms with E-state index in [0.29, 0.717) is 12.0 Å². The summed E-state index contributed by atoms with van der Waals surface area (Å²) in [6, 6.07) is 10.3. The molecule has 6 heteroatoms. The molecule has 0 saturated carbocycles. The second-order valence-corrected chi connectivity index (χ2v) is 11.4. The van der Waals surface area contributed by atoms with Gasteiger partial charge in [0, 0.05) is 37.2 Å². The Morgan fingerprint density at radius 1 is 1.07 bits per heavy atom. The molecule has 1 aromatic rings. The second-order valence-electron chi connectivity index (χ2n) is 8.93. The Morgan fingerprint density at radius 2 is 1.76 bits per heavy atom. The lowest BCUT2D eigenvalue weighted by atomic mass is 9.75. The van der Waals surface area contributed by atoms with E-state index in [2.05, 4.69) is 54.8 Å². The summed E-state index contributed by atoms with van der Waals surface area (Å²) in [7, 11) is -0.901. The Morgan fingerprint density at radius 3 is 2.45 bits per heavy atom. The van der Waals surface area contributed by atoms with Gasteiger partial charge >= 0.3 is 0 Å². The molecule has 2 saturated heterocycles. The topological polar surface area (TPSA) is 39.1 Å². The fraction of sp³-hybridized carbons (Fsp3) is 0.435. The van der Waals surface area contributed by atoms with E-state index in [1.807, 2.05) is 36.5 Å². The molecule has 152 valence electrons. The summed E-state index contributed by atoms with van der Waals surface area (Å²) in [5.74, 6) is 0.367. The highest BCUT2D eigenvalue weighted by atomic mass is 31.2. The fourth-order valence-electron chi connectivity index (χ4n) is 5.49. The van der Waals surface area contributed by atoms with Crippen LogP contribution in [-0.2, 0) is 4.57 Å². The van der Waals surface area contributed by atoms with Crippen molar-refractivity contribution in [3.05, 3.63) is 65.6 Å². The number of hydrogen-bond acceptors (Lipinski definition) is 3. The van der Waals surface area contributed by atoms with Crippen molar-refractivity contribution in [3.8, 4) is 0 Å². The monoisotopic (exact) mass is 408 g/mol. The minimum absolute atomic E-state index is 0.121. The molecule has 0 spiro atoms. The number of rotatable bonds is 2. The van der Waals surface area contributed by atoms with Gasteiger partial charge in [-0.15, -0.1) is 0 Å². The molecular weight excluding hydrogens is 379 g/mol. The SMILES string of the molecule is CN1/C(=C2/C=NN(c3ccccc3)[P@]2(=O)N2CCCC2)C(C)(C)[C@@H]2C=CC=C[C@H]21. The maximum atomic E-state index is 14.9. The summed E-state index contributed by atoms with van der Waals surface area (Å²) in [5.41, 5.74) is 1.94. The number of para-hydroxylation sites is 1. The van der Waals surface area contributed by atoms with Gasteiger partial charge in [-0.3, -0.25) is 4.57 Å². The largest absolute Gasteiger partial charge is 0.370 e. The first-order valence-corrected chi connectivity index (χ1v) is 12.1. The summed E-state index contributed by atoms with van der Waals surface area (Å²) in [4.78, 5) is 2.34. The number of fused-ring (bicyclic) bond motifs is 1. The number of likely N-dealkylation sites (tertiary alicyclic amines) is 1. The molecule has 3 atom stereocenters. The average molecular weight is 408 g/mol. The van der Waals surface area contributed by atoms with Crippen LogP contribution in [0.25, 0.3) is 0 Å². The molecule has 5 rings (SSSR count). The van der Waals surface area contributed by atoms with Gasteiger partial charge in [-0.25, -0.2) is 4.67 Å². The predicted molar refractivity (Wildman–Crippen MR) is 120 cm³/mol. The van der Waals surface area contributed by atoms with E-state index in [0.717, 1.165) is 36.9 Å². The van der Waals surface area contributed by atoms with Crippen LogP contribution in [-0.4, -0.2) is 42.0 Å². The minimum atomic E-state index is -3.05. The molecule has 0 unspecified atom stereocenters. The van der Waals surface area contributed by atoms with Crippen molar-refractivity contribution in [2.45, 2.75) is 32.7 Å². The van der Waals surface area contributed by atoms with Crippen molar-refractivity contribution in [3.63, 3.8) is 0 Å². The molecule has 5 nitrogen and oxygen atoms in total. The lowest BCUT2D eigenvalue weighted by Crippen LogP contribution is -2.29. The zero-order valence-corrected chi connectivity index (χ0v) is 18.3. The first kappa shape index (κ1) is 18.9. The number of likely N-dealkylation sites (N-methyl/N-ethyl adjacent to an activating group) is 1. The molecule has 29 heavy (non-hydrogen) atoms. The van der Waals surface area contributed by atoms with Crippen molar-refractivity contribution >= 4 is 19.3 Å². The number of anilines is 1. The van der Waals surface area contributed by atoms with Gasteiger partial charge in [-0.05, 0) is 25.0 Å². The molecule has 0 radical (unpaired) electrons. The standard InChI is InChI=1S/C23H29N4OP/c1-23(2)19-13-7-8-14-20(19)25(3)22(23)21-17-24-27(18-11-5-4-6-12-18)29(21,28)26-15-9-10-16-26/h4-8,11-14,17,19-20H,9-10,15-16H2,1-3H3/b22-21-/t19-,20-,29-/m1/s1. The number of hydrogen-bond donors (Lipinski definition) is 0. The highest BCUT2D eigenvalue weighted by molar-refractivity contribution is 7.69. The third-order valence-electron chi connectivity index (χ3n) is 6.90. The Labute approximate surface area is 173 Å². The number of allylic oxidation sites excluding steroid dienone is 4. The van der Waals surface area contributed by atoms with Crippen LogP contribution >= 0.6 is 7.44 Å². The van der Waals surface area contributed by atoms with Gasteiger partial charge < -0.3 is 4.90 Å². The van der Waals surface area contributed by atoms with Crippen molar-refractivity contribution in [2.24, 2.45) is 16.4 Å². The van der Waals surface area contributed by atoms with Crippen LogP contribution < -0.4 is 4.78 Å². The molecule has 1 aromatic carbocycles. The molecule has 0 bridgehead atoms. The van der Waals surface area contributed by atoms with Crippen LogP contribution in [0.15, 0.2) is 70.7 Å². The van der Waals surface area contributed by atoms with Crippen molar-refractivity contribution in [2.75, 3.05) is 24.9 Å². The van der Waals surface area contributed by atoms with Gasteiger partial charge in [-0.2, -0.15) is 9.88 Å². The van der Waals surface area contributed by atoms with Gasteiger partial charge in [0.2, 0.25) is 0 Å². The molecular formula is C23H29N4OP. The molecule has 3 aliphatic heterocycles. The minimum Gasteiger partial charge on any atom is -0.370 e. The van der Waals surface area contributed by atoms with Gasteiger partial charge in [0.15, 0.2) is 0 Å². The summed E-state index contributed by atoms with van der Waals surface area (Å²) in [6.07, 6.45) is 12.9. The lowest BCUT2D eigenvalue weighted by molar-refractivity contribution is 0.344. The molecule has 0 N–H and O–H groups in total. The fourth-order valence-corrected chi connectivity index (χ4v) is 8.62. The van der Waals surface area contributed by atoms with Gasteiger partial charge in [0.05, 0.1) is 23.3 Å². The summed E-state index contributed by atoms with van der Waals surface area (Å²) < 4.78 is 18.9. The average Bonchev–Trinajstić information content (AvgIpc) is 3.42.